The third-order valence-electron chi connectivity index (χ3n) is 7.58. The van der Waals surface area contributed by atoms with Crippen molar-refractivity contribution in [3.63, 3.8) is 0 Å². The van der Waals surface area contributed by atoms with E-state index in [9.17, 15) is 9.59 Å². The standard InChI is InChI=1S/C26H41N5O4/c1-27-21-24(35-26(27)34)31-18-17-29(12-10-25(32)33)20-23(31)9-5-6-11-28-13-15-30(16-14-28)19-22-7-3-2-4-8-22/h2-4,7-8,23-24H,5-6,9-21H2,1H3,(H,32,33). The number of piperazine rings is 2. The molecule has 3 heterocycles. The summed E-state index contributed by atoms with van der Waals surface area (Å²) in [6.45, 7) is 10.3. The van der Waals surface area contributed by atoms with Crippen molar-refractivity contribution in [1.82, 2.24) is 24.5 Å². The summed E-state index contributed by atoms with van der Waals surface area (Å²) in [4.78, 5) is 34.3. The zero-order chi connectivity index (χ0) is 24.6. The summed E-state index contributed by atoms with van der Waals surface area (Å²) in [7, 11) is 1.78. The van der Waals surface area contributed by atoms with Crippen LogP contribution in [0, 0.1) is 0 Å². The molecule has 0 aliphatic carbocycles. The van der Waals surface area contributed by atoms with E-state index < -0.39 is 5.97 Å². The third kappa shape index (κ3) is 7.64. The van der Waals surface area contributed by atoms with Crippen LogP contribution in [0.15, 0.2) is 30.3 Å². The highest BCUT2D eigenvalue weighted by Crippen LogP contribution is 2.23. The molecule has 0 spiro atoms. The van der Waals surface area contributed by atoms with Gasteiger partial charge in [-0.25, -0.2) is 4.79 Å². The summed E-state index contributed by atoms with van der Waals surface area (Å²) >= 11 is 0. The van der Waals surface area contributed by atoms with Gasteiger partial charge >= 0.3 is 12.1 Å². The second kappa shape index (κ2) is 12.7. The fourth-order valence-electron chi connectivity index (χ4n) is 5.48. The molecule has 3 aliphatic rings. The maximum absolute atomic E-state index is 11.9. The molecular formula is C26H41N5O4. The van der Waals surface area contributed by atoms with Gasteiger partial charge in [0.25, 0.3) is 0 Å². The zero-order valence-corrected chi connectivity index (χ0v) is 21.1. The van der Waals surface area contributed by atoms with E-state index in [4.69, 9.17) is 9.84 Å². The van der Waals surface area contributed by atoms with Crippen LogP contribution in [0.5, 0.6) is 0 Å². The van der Waals surface area contributed by atoms with Gasteiger partial charge < -0.3 is 19.6 Å². The maximum atomic E-state index is 11.9. The fourth-order valence-corrected chi connectivity index (χ4v) is 5.48. The Bertz CT molecular complexity index is 817. The number of benzene rings is 1. The molecule has 9 nitrogen and oxygen atoms in total. The number of likely N-dealkylation sites (N-methyl/N-ethyl adjacent to an activating group) is 1. The van der Waals surface area contributed by atoms with Gasteiger partial charge in [-0.3, -0.25) is 19.5 Å². The molecule has 1 aromatic rings. The van der Waals surface area contributed by atoms with Crippen molar-refractivity contribution < 1.29 is 19.4 Å². The number of carboxylic acids is 1. The summed E-state index contributed by atoms with van der Waals surface area (Å²) in [5.41, 5.74) is 1.38. The summed E-state index contributed by atoms with van der Waals surface area (Å²) in [6, 6.07) is 11.0. The number of hydrogen-bond acceptors (Lipinski definition) is 7. The Labute approximate surface area is 209 Å². The Morgan fingerprint density at radius 1 is 0.943 bits per heavy atom. The molecule has 1 N–H and O–H groups in total. The van der Waals surface area contributed by atoms with Crippen LogP contribution in [0.4, 0.5) is 4.79 Å². The van der Waals surface area contributed by atoms with Gasteiger partial charge in [-0.05, 0) is 24.9 Å². The predicted octanol–water partition coefficient (Wildman–Crippen LogP) is 1.84. The Balaban J connectivity index is 1.20. The Morgan fingerprint density at radius 2 is 1.66 bits per heavy atom. The molecule has 2 unspecified atom stereocenters. The largest absolute Gasteiger partial charge is 0.481 e. The number of carboxylic acid groups (broad SMARTS) is 1. The maximum Gasteiger partial charge on any atom is 0.411 e. The first-order valence-corrected chi connectivity index (χ1v) is 13.1. The minimum absolute atomic E-state index is 0.171. The number of unbranched alkanes of at least 4 members (excludes halogenated alkanes) is 1. The molecule has 3 aliphatic heterocycles. The number of hydrogen-bond donors (Lipinski definition) is 1. The minimum atomic E-state index is -0.751. The first-order chi connectivity index (χ1) is 17.0. The fraction of sp³-hybridized carbons (Fsp3) is 0.692. The summed E-state index contributed by atoms with van der Waals surface area (Å²) < 4.78 is 5.62. The number of nitrogens with zero attached hydrogens (tertiary/aromatic N) is 5. The van der Waals surface area contributed by atoms with E-state index >= 15 is 0 Å². The van der Waals surface area contributed by atoms with Crippen molar-refractivity contribution in [2.75, 3.05) is 72.5 Å². The van der Waals surface area contributed by atoms with Crippen LogP contribution in [0.2, 0.25) is 0 Å². The average molecular weight is 488 g/mol. The lowest BCUT2D eigenvalue weighted by Crippen LogP contribution is -2.57. The number of cyclic esters (lactones) is 1. The van der Waals surface area contributed by atoms with Gasteiger partial charge in [-0.2, -0.15) is 0 Å². The number of amides is 1. The number of ether oxygens (including phenoxy) is 1. The lowest BCUT2D eigenvalue weighted by atomic mass is 10.0. The molecule has 1 aromatic carbocycles. The van der Waals surface area contributed by atoms with Gasteiger partial charge in [0.2, 0.25) is 0 Å². The predicted molar refractivity (Wildman–Crippen MR) is 134 cm³/mol. The first kappa shape index (κ1) is 25.9. The second-order valence-corrected chi connectivity index (χ2v) is 10.2. The van der Waals surface area contributed by atoms with E-state index in [1.807, 2.05) is 0 Å². The van der Waals surface area contributed by atoms with E-state index in [1.54, 1.807) is 11.9 Å². The van der Waals surface area contributed by atoms with Crippen molar-refractivity contribution in [2.45, 2.75) is 44.5 Å². The van der Waals surface area contributed by atoms with E-state index in [0.29, 0.717) is 13.1 Å². The van der Waals surface area contributed by atoms with Crippen molar-refractivity contribution >= 4 is 12.1 Å². The molecule has 0 radical (unpaired) electrons. The van der Waals surface area contributed by atoms with Crippen molar-refractivity contribution in [3.05, 3.63) is 35.9 Å². The highest BCUT2D eigenvalue weighted by molar-refractivity contribution is 5.69. The van der Waals surface area contributed by atoms with Crippen LogP contribution >= 0.6 is 0 Å². The second-order valence-electron chi connectivity index (χ2n) is 10.2. The first-order valence-electron chi connectivity index (χ1n) is 13.1. The number of carbonyl (C=O) groups excluding carboxylic acids is 1. The summed E-state index contributed by atoms with van der Waals surface area (Å²) in [5, 5.41) is 9.07. The molecule has 3 saturated heterocycles. The lowest BCUT2D eigenvalue weighted by Gasteiger charge is -2.43. The summed E-state index contributed by atoms with van der Waals surface area (Å²) in [6.07, 6.45) is 3.03. The van der Waals surface area contributed by atoms with Crippen LogP contribution in [0.3, 0.4) is 0 Å². The SMILES string of the molecule is CN1CC(N2CCN(CCC(=O)O)CC2CCCCN2CCN(Cc3ccccc3)CC2)OC1=O. The van der Waals surface area contributed by atoms with Crippen molar-refractivity contribution in [1.29, 1.82) is 0 Å². The number of rotatable bonds is 11. The normalized spacial score (nSPS) is 25.2. The molecule has 194 valence electrons. The van der Waals surface area contributed by atoms with Gasteiger partial charge in [0.05, 0.1) is 13.0 Å². The number of aliphatic carboxylic acids is 1. The van der Waals surface area contributed by atoms with Gasteiger partial charge in [0.15, 0.2) is 6.23 Å². The van der Waals surface area contributed by atoms with Crippen LogP contribution in [0.25, 0.3) is 0 Å². The van der Waals surface area contributed by atoms with Gasteiger partial charge in [0, 0.05) is 72.0 Å². The van der Waals surface area contributed by atoms with E-state index in [0.717, 1.165) is 78.2 Å². The molecule has 2 atom stereocenters. The molecule has 0 bridgehead atoms. The molecule has 3 fully saturated rings. The van der Waals surface area contributed by atoms with Gasteiger partial charge in [-0.1, -0.05) is 36.8 Å². The molecule has 0 aromatic heterocycles. The average Bonchev–Trinajstić information content (AvgIpc) is 3.20. The van der Waals surface area contributed by atoms with E-state index in [1.165, 1.54) is 5.56 Å². The molecular weight excluding hydrogens is 446 g/mol. The summed E-state index contributed by atoms with van der Waals surface area (Å²) in [5.74, 6) is -0.751. The van der Waals surface area contributed by atoms with Crippen molar-refractivity contribution in [3.8, 4) is 0 Å². The van der Waals surface area contributed by atoms with Crippen LogP contribution in [-0.2, 0) is 16.1 Å². The minimum Gasteiger partial charge on any atom is -0.481 e. The lowest BCUT2D eigenvalue weighted by molar-refractivity contribution is -0.137. The Kier molecular flexibility index (Phi) is 9.37. The van der Waals surface area contributed by atoms with Crippen LogP contribution in [-0.4, -0.2) is 126 Å². The molecule has 0 saturated carbocycles. The van der Waals surface area contributed by atoms with Gasteiger partial charge in [0.1, 0.15) is 0 Å². The third-order valence-corrected chi connectivity index (χ3v) is 7.58. The quantitative estimate of drug-likeness (QED) is 0.474. The molecule has 4 rings (SSSR count). The Hall–Kier alpha value is -2.20. The smallest absolute Gasteiger partial charge is 0.411 e. The topological polar surface area (TPSA) is 79.8 Å². The van der Waals surface area contributed by atoms with Crippen LogP contribution < -0.4 is 0 Å². The zero-order valence-electron chi connectivity index (χ0n) is 21.1. The van der Waals surface area contributed by atoms with E-state index in [2.05, 4.69) is 49.9 Å². The highest BCUT2D eigenvalue weighted by atomic mass is 16.6. The van der Waals surface area contributed by atoms with E-state index in [-0.39, 0.29) is 24.8 Å². The van der Waals surface area contributed by atoms with Crippen LogP contribution in [0.1, 0.15) is 31.2 Å². The molecule has 35 heavy (non-hydrogen) atoms. The number of carbonyl (C=O) groups is 2. The molecule has 9 heteroatoms. The monoisotopic (exact) mass is 487 g/mol. The van der Waals surface area contributed by atoms with Crippen molar-refractivity contribution in [2.24, 2.45) is 0 Å². The molecule has 1 amide bonds. The highest BCUT2D eigenvalue weighted by Gasteiger charge is 2.38. The Morgan fingerprint density at radius 3 is 2.34 bits per heavy atom. The van der Waals surface area contributed by atoms with Gasteiger partial charge in [-0.15, -0.1) is 0 Å².